The molecule has 1 unspecified atom stereocenters. The van der Waals surface area contributed by atoms with Crippen LogP contribution in [0.2, 0.25) is 0 Å². The molecule has 0 radical (unpaired) electrons. The Kier molecular flexibility index (Phi) is 4.45. The van der Waals surface area contributed by atoms with Gasteiger partial charge in [-0.05, 0) is 44.6 Å². The van der Waals surface area contributed by atoms with Crippen molar-refractivity contribution in [1.29, 1.82) is 0 Å². The van der Waals surface area contributed by atoms with Crippen LogP contribution in [0.25, 0.3) is 0 Å². The van der Waals surface area contributed by atoms with Gasteiger partial charge in [-0.1, -0.05) is 13.3 Å². The van der Waals surface area contributed by atoms with E-state index in [2.05, 4.69) is 24.5 Å². The quantitative estimate of drug-likeness (QED) is 0.770. The molecule has 100 valence electrons. The molecule has 2 N–H and O–H groups in total. The van der Waals surface area contributed by atoms with Crippen molar-refractivity contribution in [2.75, 3.05) is 32.8 Å². The number of hydrogen-bond acceptors (Lipinski definition) is 3. The first-order chi connectivity index (χ1) is 8.18. The maximum Gasteiger partial charge on any atom is 0.0483 e. The first-order valence-corrected chi connectivity index (χ1v) is 7.22. The van der Waals surface area contributed by atoms with Gasteiger partial charge in [0.15, 0.2) is 0 Å². The summed E-state index contributed by atoms with van der Waals surface area (Å²) in [4.78, 5) is 0. The second-order valence-corrected chi connectivity index (χ2v) is 6.20. The van der Waals surface area contributed by atoms with Crippen molar-refractivity contribution < 1.29 is 4.74 Å². The minimum atomic E-state index is 0.307. The van der Waals surface area contributed by atoms with Crippen LogP contribution in [-0.4, -0.2) is 38.4 Å². The Morgan fingerprint density at radius 1 is 1.24 bits per heavy atom. The van der Waals surface area contributed by atoms with Crippen molar-refractivity contribution in [3.63, 3.8) is 0 Å². The van der Waals surface area contributed by atoms with Crippen LogP contribution in [0.4, 0.5) is 0 Å². The van der Waals surface area contributed by atoms with Crippen molar-refractivity contribution in [2.24, 2.45) is 5.41 Å². The van der Waals surface area contributed by atoms with Crippen LogP contribution >= 0.6 is 0 Å². The van der Waals surface area contributed by atoms with Gasteiger partial charge in [0.05, 0.1) is 0 Å². The van der Waals surface area contributed by atoms with E-state index in [1.54, 1.807) is 0 Å². The molecule has 0 aliphatic carbocycles. The Hall–Kier alpha value is -0.120. The Morgan fingerprint density at radius 3 is 2.59 bits per heavy atom. The summed E-state index contributed by atoms with van der Waals surface area (Å²) >= 11 is 0. The summed E-state index contributed by atoms with van der Waals surface area (Å²) in [7, 11) is 0. The molecule has 0 aromatic carbocycles. The molecule has 2 rings (SSSR count). The van der Waals surface area contributed by atoms with E-state index in [1.807, 2.05) is 0 Å². The third-order valence-electron chi connectivity index (χ3n) is 4.60. The molecular formula is C14H28N2O. The zero-order valence-corrected chi connectivity index (χ0v) is 11.5. The molecule has 2 fully saturated rings. The van der Waals surface area contributed by atoms with Gasteiger partial charge >= 0.3 is 0 Å². The van der Waals surface area contributed by atoms with E-state index in [4.69, 9.17) is 4.74 Å². The van der Waals surface area contributed by atoms with E-state index in [0.29, 0.717) is 11.0 Å². The minimum Gasteiger partial charge on any atom is -0.381 e. The van der Waals surface area contributed by atoms with Crippen molar-refractivity contribution in [3.8, 4) is 0 Å². The molecule has 2 saturated heterocycles. The van der Waals surface area contributed by atoms with Crippen LogP contribution in [0, 0.1) is 5.41 Å². The number of nitrogens with one attached hydrogen (secondary N) is 2. The Balaban J connectivity index is 1.86. The van der Waals surface area contributed by atoms with Gasteiger partial charge in [0, 0.05) is 31.8 Å². The van der Waals surface area contributed by atoms with Crippen LogP contribution < -0.4 is 10.6 Å². The van der Waals surface area contributed by atoms with E-state index in [0.717, 1.165) is 26.1 Å². The smallest absolute Gasteiger partial charge is 0.0483 e. The van der Waals surface area contributed by atoms with Crippen LogP contribution in [0.15, 0.2) is 0 Å². The summed E-state index contributed by atoms with van der Waals surface area (Å²) in [6.07, 6.45) is 6.29. The summed E-state index contributed by atoms with van der Waals surface area (Å²) in [5.41, 5.74) is 0.817. The van der Waals surface area contributed by atoms with Crippen LogP contribution in [0.1, 0.15) is 46.0 Å². The van der Waals surface area contributed by atoms with Crippen molar-refractivity contribution in [2.45, 2.75) is 51.5 Å². The molecule has 0 bridgehead atoms. The molecule has 3 heteroatoms. The van der Waals surface area contributed by atoms with Gasteiger partial charge in [-0.2, -0.15) is 0 Å². The molecule has 0 aromatic rings. The molecule has 2 aliphatic heterocycles. The predicted molar refractivity (Wildman–Crippen MR) is 71.3 cm³/mol. The average Bonchev–Trinajstić information content (AvgIpc) is 2.78. The Labute approximate surface area is 106 Å². The topological polar surface area (TPSA) is 33.3 Å². The third-order valence-corrected chi connectivity index (χ3v) is 4.60. The highest BCUT2D eigenvalue weighted by Gasteiger charge is 2.35. The summed E-state index contributed by atoms with van der Waals surface area (Å²) in [6.45, 7) is 10.1. The fourth-order valence-corrected chi connectivity index (χ4v) is 3.18. The fraction of sp³-hybridized carbons (Fsp3) is 1.00. The fourth-order valence-electron chi connectivity index (χ4n) is 3.18. The average molecular weight is 240 g/mol. The van der Waals surface area contributed by atoms with Crippen molar-refractivity contribution in [1.82, 2.24) is 10.6 Å². The number of ether oxygens (including phenoxy) is 1. The zero-order chi connectivity index (χ0) is 12.2. The lowest BCUT2D eigenvalue weighted by Crippen LogP contribution is -2.51. The monoisotopic (exact) mass is 240 g/mol. The van der Waals surface area contributed by atoms with Gasteiger partial charge in [0.25, 0.3) is 0 Å². The SMILES string of the molecule is CCCC1(CNC2(C)CCOCC2)CCNC1. The lowest BCUT2D eigenvalue weighted by Gasteiger charge is -2.39. The van der Waals surface area contributed by atoms with E-state index >= 15 is 0 Å². The van der Waals surface area contributed by atoms with E-state index in [9.17, 15) is 0 Å². The predicted octanol–water partition coefficient (Wildman–Crippen LogP) is 1.92. The van der Waals surface area contributed by atoms with Gasteiger partial charge < -0.3 is 15.4 Å². The van der Waals surface area contributed by atoms with Crippen LogP contribution in [-0.2, 0) is 4.74 Å². The highest BCUT2D eigenvalue weighted by molar-refractivity contribution is 4.93. The van der Waals surface area contributed by atoms with Crippen molar-refractivity contribution in [3.05, 3.63) is 0 Å². The maximum absolute atomic E-state index is 5.46. The second-order valence-electron chi connectivity index (χ2n) is 6.20. The van der Waals surface area contributed by atoms with E-state index in [-0.39, 0.29) is 0 Å². The van der Waals surface area contributed by atoms with Crippen LogP contribution in [0.3, 0.4) is 0 Å². The minimum absolute atomic E-state index is 0.307. The highest BCUT2D eigenvalue weighted by atomic mass is 16.5. The van der Waals surface area contributed by atoms with Gasteiger partial charge in [-0.15, -0.1) is 0 Å². The standard InChI is InChI=1S/C14H28N2O/c1-3-4-14(5-8-15-11-14)12-16-13(2)6-9-17-10-7-13/h15-16H,3-12H2,1-2H3. The lowest BCUT2D eigenvalue weighted by atomic mass is 9.81. The Morgan fingerprint density at radius 2 is 2.00 bits per heavy atom. The Bertz CT molecular complexity index is 230. The summed E-state index contributed by atoms with van der Waals surface area (Å²) in [5.74, 6) is 0. The maximum atomic E-state index is 5.46. The van der Waals surface area contributed by atoms with E-state index in [1.165, 1.54) is 38.9 Å². The molecule has 0 spiro atoms. The molecule has 2 aliphatic rings. The summed E-state index contributed by atoms with van der Waals surface area (Å²) in [6, 6.07) is 0. The summed E-state index contributed by atoms with van der Waals surface area (Å²) < 4.78 is 5.46. The molecule has 17 heavy (non-hydrogen) atoms. The first kappa shape index (κ1) is 13.3. The van der Waals surface area contributed by atoms with Gasteiger partial charge in [-0.25, -0.2) is 0 Å². The highest BCUT2D eigenvalue weighted by Crippen LogP contribution is 2.31. The van der Waals surface area contributed by atoms with E-state index < -0.39 is 0 Å². The molecule has 0 aromatic heterocycles. The molecule has 0 amide bonds. The molecular weight excluding hydrogens is 212 g/mol. The first-order valence-electron chi connectivity index (χ1n) is 7.22. The zero-order valence-electron chi connectivity index (χ0n) is 11.5. The number of hydrogen-bond donors (Lipinski definition) is 2. The summed E-state index contributed by atoms with van der Waals surface area (Å²) in [5, 5.41) is 7.38. The molecule has 1 atom stereocenters. The van der Waals surface area contributed by atoms with Crippen LogP contribution in [0.5, 0.6) is 0 Å². The molecule has 2 heterocycles. The van der Waals surface area contributed by atoms with Gasteiger partial charge in [0.1, 0.15) is 0 Å². The molecule has 0 saturated carbocycles. The third kappa shape index (κ3) is 3.43. The largest absolute Gasteiger partial charge is 0.381 e. The normalized spacial score (nSPS) is 32.8. The van der Waals surface area contributed by atoms with Gasteiger partial charge in [-0.3, -0.25) is 0 Å². The van der Waals surface area contributed by atoms with Gasteiger partial charge in [0.2, 0.25) is 0 Å². The lowest BCUT2D eigenvalue weighted by molar-refractivity contribution is 0.0401. The van der Waals surface area contributed by atoms with Crippen molar-refractivity contribution >= 4 is 0 Å². The second kappa shape index (κ2) is 5.68. The molecule has 3 nitrogen and oxygen atoms in total. The number of rotatable bonds is 5.